The van der Waals surface area contributed by atoms with Crippen LogP contribution in [-0.4, -0.2) is 22.8 Å². The molecular formula is C40H46O3. The number of ether oxygens (including phenoxy) is 1. The minimum atomic E-state index is -0.945. The molecular weight excluding hydrogens is 528 g/mol. The molecule has 0 heterocycles. The molecule has 3 aliphatic rings. The van der Waals surface area contributed by atoms with Crippen molar-refractivity contribution in [1.82, 2.24) is 0 Å². The van der Waals surface area contributed by atoms with Crippen molar-refractivity contribution in [2.24, 2.45) is 17.3 Å². The average molecular weight is 575 g/mol. The van der Waals surface area contributed by atoms with E-state index in [1.807, 2.05) is 42.5 Å². The number of rotatable bonds is 6. The Morgan fingerprint density at radius 2 is 1.84 bits per heavy atom. The minimum Gasteiger partial charge on any atom is -0.458 e. The van der Waals surface area contributed by atoms with Crippen LogP contribution < -0.4 is 0 Å². The molecule has 2 aromatic carbocycles. The second-order valence-electron chi connectivity index (χ2n) is 13.4. The lowest BCUT2D eigenvalue weighted by atomic mass is 9.62. The van der Waals surface area contributed by atoms with Gasteiger partial charge < -0.3 is 9.84 Å². The molecule has 224 valence electrons. The fraction of sp³-hybridized carbons (Fsp3) is 0.425. The topological polar surface area (TPSA) is 46.5 Å². The van der Waals surface area contributed by atoms with Crippen LogP contribution in [0.5, 0.6) is 0 Å². The first-order valence-corrected chi connectivity index (χ1v) is 15.9. The highest BCUT2D eigenvalue weighted by Crippen LogP contribution is 2.56. The molecule has 0 spiro atoms. The van der Waals surface area contributed by atoms with Crippen molar-refractivity contribution in [3.8, 4) is 23.0 Å². The molecule has 0 bridgehead atoms. The smallest absolute Gasteiger partial charge is 0.338 e. The molecule has 1 N–H and O–H groups in total. The van der Waals surface area contributed by atoms with E-state index in [1.165, 1.54) is 29.6 Å². The standard InChI is InChI=1S/C40H46O3/c1-28-15-22-35(43-38(41)33-19-16-31(17-20-33)30-12-7-6-8-13-30)27-34(28)21-18-32-14-10-26-40(5)36(23-24-37(32)40)29(2)11-9-25-39(3,4)42/h6-8,12-13,16-21,23,29,35,37,42H,1,10-11,14-15,22,24,26-27H2,2-5H3/b32-18+,34-21-/t29-,35-,37+,40-/m1/s1. The molecule has 4 atom stereocenters. The van der Waals surface area contributed by atoms with Crippen LogP contribution in [0.3, 0.4) is 0 Å². The van der Waals surface area contributed by atoms with Crippen LogP contribution in [-0.2, 0) is 4.74 Å². The summed E-state index contributed by atoms with van der Waals surface area (Å²) in [7, 11) is 0. The number of carbonyl (C=O) groups is 1. The first kappa shape index (κ1) is 30.8. The van der Waals surface area contributed by atoms with Gasteiger partial charge in [-0.05, 0) is 98.5 Å². The maximum Gasteiger partial charge on any atom is 0.338 e. The fourth-order valence-corrected chi connectivity index (χ4v) is 7.28. The second kappa shape index (κ2) is 12.9. The molecule has 0 amide bonds. The van der Waals surface area contributed by atoms with Gasteiger partial charge in [0.15, 0.2) is 0 Å². The Morgan fingerprint density at radius 1 is 1.12 bits per heavy atom. The number of allylic oxidation sites excluding steroid dienone is 6. The zero-order chi connectivity index (χ0) is 30.6. The number of hydrogen-bond acceptors (Lipinski definition) is 3. The lowest BCUT2D eigenvalue weighted by Gasteiger charge is -2.42. The van der Waals surface area contributed by atoms with Crippen molar-refractivity contribution < 1.29 is 14.6 Å². The molecule has 2 aromatic rings. The maximum atomic E-state index is 13.0. The van der Waals surface area contributed by atoms with Crippen LogP contribution in [0.25, 0.3) is 11.1 Å². The van der Waals surface area contributed by atoms with E-state index in [4.69, 9.17) is 4.74 Å². The summed E-state index contributed by atoms with van der Waals surface area (Å²) in [5.41, 5.74) is 7.42. The van der Waals surface area contributed by atoms with E-state index in [-0.39, 0.29) is 17.5 Å². The molecule has 2 saturated carbocycles. The van der Waals surface area contributed by atoms with E-state index < -0.39 is 5.60 Å². The predicted octanol–water partition coefficient (Wildman–Crippen LogP) is 9.41. The third-order valence-corrected chi connectivity index (χ3v) is 9.61. The van der Waals surface area contributed by atoms with Gasteiger partial charge >= 0.3 is 5.97 Å². The molecule has 2 fully saturated rings. The Kier molecular flexibility index (Phi) is 9.28. The van der Waals surface area contributed by atoms with Gasteiger partial charge in [0.05, 0.1) is 5.56 Å². The summed E-state index contributed by atoms with van der Waals surface area (Å²) in [5, 5.41) is 9.98. The average Bonchev–Trinajstić information content (AvgIpc) is 3.35. The minimum absolute atomic E-state index is 0.140. The van der Waals surface area contributed by atoms with Crippen LogP contribution in [0.4, 0.5) is 0 Å². The Bertz CT molecular complexity index is 1490. The van der Waals surface area contributed by atoms with Crippen LogP contribution in [0.1, 0.15) is 89.4 Å². The molecule has 0 saturated heterocycles. The predicted molar refractivity (Wildman–Crippen MR) is 176 cm³/mol. The molecule has 3 heteroatoms. The summed E-state index contributed by atoms with van der Waals surface area (Å²) in [6.07, 6.45) is 14.7. The highest BCUT2D eigenvalue weighted by atomic mass is 16.5. The summed E-state index contributed by atoms with van der Waals surface area (Å²) in [5.74, 6) is 6.84. The van der Waals surface area contributed by atoms with Gasteiger partial charge in [-0.15, -0.1) is 0 Å². The Hall–Kier alpha value is -3.61. The van der Waals surface area contributed by atoms with Crippen molar-refractivity contribution in [2.45, 2.75) is 90.8 Å². The van der Waals surface area contributed by atoms with Gasteiger partial charge in [-0.2, -0.15) is 0 Å². The van der Waals surface area contributed by atoms with Crippen molar-refractivity contribution >= 4 is 5.97 Å². The SMILES string of the molecule is C=C1CC[C@@H](OC(=O)c2ccc(-c3ccccc3)cc2)C/C1=C/C=C1\CCC[C@]2(C)C([C@H](C)CC#CC(C)(C)O)=CC[C@@H]12. The summed E-state index contributed by atoms with van der Waals surface area (Å²) in [6.45, 7) is 12.6. The summed E-state index contributed by atoms with van der Waals surface area (Å²) in [6, 6.07) is 17.9. The fourth-order valence-electron chi connectivity index (χ4n) is 7.28. The zero-order valence-electron chi connectivity index (χ0n) is 26.3. The number of aliphatic hydroxyl groups is 1. The lowest BCUT2D eigenvalue weighted by molar-refractivity contribution is 0.0270. The first-order valence-electron chi connectivity index (χ1n) is 15.9. The Labute approximate surface area is 258 Å². The number of esters is 1. The lowest BCUT2D eigenvalue weighted by Crippen LogP contribution is -2.32. The molecule has 43 heavy (non-hydrogen) atoms. The number of fused-ring (bicyclic) bond motifs is 1. The highest BCUT2D eigenvalue weighted by molar-refractivity contribution is 5.90. The van der Waals surface area contributed by atoms with Crippen molar-refractivity contribution in [3.63, 3.8) is 0 Å². The quantitative estimate of drug-likeness (QED) is 0.212. The largest absolute Gasteiger partial charge is 0.458 e. The van der Waals surface area contributed by atoms with Gasteiger partial charge in [-0.3, -0.25) is 0 Å². The normalized spacial score (nSPS) is 26.3. The second-order valence-corrected chi connectivity index (χ2v) is 13.4. The zero-order valence-corrected chi connectivity index (χ0v) is 26.3. The van der Waals surface area contributed by atoms with Gasteiger partial charge in [0.25, 0.3) is 0 Å². The third-order valence-electron chi connectivity index (χ3n) is 9.61. The molecule has 0 aromatic heterocycles. The van der Waals surface area contributed by atoms with E-state index in [9.17, 15) is 9.90 Å². The van der Waals surface area contributed by atoms with E-state index in [1.54, 1.807) is 13.8 Å². The van der Waals surface area contributed by atoms with Gasteiger partial charge in [0.2, 0.25) is 0 Å². The summed E-state index contributed by atoms with van der Waals surface area (Å²) < 4.78 is 6.00. The van der Waals surface area contributed by atoms with Gasteiger partial charge in [-0.25, -0.2) is 4.79 Å². The van der Waals surface area contributed by atoms with Gasteiger partial charge in [0.1, 0.15) is 11.7 Å². The van der Waals surface area contributed by atoms with Crippen molar-refractivity contribution in [3.05, 3.63) is 107 Å². The molecule has 5 rings (SSSR count). The molecule has 0 radical (unpaired) electrons. The number of carbonyl (C=O) groups excluding carboxylic acids is 1. The van der Waals surface area contributed by atoms with E-state index in [0.29, 0.717) is 23.8 Å². The van der Waals surface area contributed by atoms with Crippen LogP contribution in [0.2, 0.25) is 0 Å². The van der Waals surface area contributed by atoms with E-state index >= 15 is 0 Å². The van der Waals surface area contributed by atoms with E-state index in [0.717, 1.165) is 48.8 Å². The van der Waals surface area contributed by atoms with Crippen LogP contribution in [0.15, 0.2) is 102 Å². The molecule has 0 unspecified atom stereocenters. The third kappa shape index (κ3) is 7.31. The van der Waals surface area contributed by atoms with Gasteiger partial charge in [0, 0.05) is 12.8 Å². The number of benzene rings is 2. The van der Waals surface area contributed by atoms with Crippen molar-refractivity contribution in [1.29, 1.82) is 0 Å². The molecule has 3 aliphatic carbocycles. The first-order chi connectivity index (χ1) is 20.5. The monoisotopic (exact) mass is 574 g/mol. The van der Waals surface area contributed by atoms with Crippen LogP contribution >= 0.6 is 0 Å². The molecule has 3 nitrogen and oxygen atoms in total. The Balaban J connectivity index is 1.23. The van der Waals surface area contributed by atoms with Crippen LogP contribution in [0, 0.1) is 29.1 Å². The summed E-state index contributed by atoms with van der Waals surface area (Å²) in [4.78, 5) is 13.0. The van der Waals surface area contributed by atoms with Crippen molar-refractivity contribution in [2.75, 3.05) is 0 Å². The summed E-state index contributed by atoms with van der Waals surface area (Å²) >= 11 is 0. The Morgan fingerprint density at radius 3 is 2.56 bits per heavy atom. The van der Waals surface area contributed by atoms with E-state index in [2.05, 4.69) is 62.6 Å². The molecule has 0 aliphatic heterocycles. The maximum absolute atomic E-state index is 13.0. The number of hydrogen-bond donors (Lipinski definition) is 1. The highest BCUT2D eigenvalue weighted by Gasteiger charge is 2.45. The van der Waals surface area contributed by atoms with Gasteiger partial charge in [-0.1, -0.05) is 110 Å².